The zero-order chi connectivity index (χ0) is 17.6. The molecule has 2 saturated heterocycles. The van der Waals surface area contributed by atoms with E-state index in [2.05, 4.69) is 46.7 Å². The smallest absolute Gasteiger partial charge is 0.239 e. The third-order valence-corrected chi connectivity index (χ3v) is 5.02. The molecule has 2 aliphatic rings. The van der Waals surface area contributed by atoms with Crippen molar-refractivity contribution in [1.29, 1.82) is 0 Å². The summed E-state index contributed by atoms with van der Waals surface area (Å²) in [7, 11) is 0. The topological polar surface area (TPSA) is 62.8 Å². The van der Waals surface area contributed by atoms with Crippen molar-refractivity contribution < 1.29 is 14.3 Å². The Labute approximate surface area is 174 Å². The molecule has 2 heterocycles. The molecule has 2 aliphatic heterocycles. The van der Waals surface area contributed by atoms with E-state index in [0.29, 0.717) is 19.7 Å². The molecule has 0 spiro atoms. The molecule has 3 rings (SSSR count). The molecule has 1 amide bonds. The standard InChI is InChI=1S/C19H29N3O3.2ClH/c1-14-3-5-16(6-4-14)17(22-8-11-24-12-9-22)13-21-19(23)18-15(2)25-10-7-20-18;;/h3-6,15,17-18,20H,7-13H2,1-2H3,(H,21,23);2*1H/t15-,17?,18+;;/m1../s1. The first-order chi connectivity index (χ1) is 12.1. The van der Waals surface area contributed by atoms with E-state index in [-0.39, 0.29) is 48.9 Å². The van der Waals surface area contributed by atoms with E-state index in [1.54, 1.807) is 0 Å². The van der Waals surface area contributed by atoms with Crippen LogP contribution >= 0.6 is 24.8 Å². The lowest BCUT2D eigenvalue weighted by molar-refractivity contribution is -0.129. The summed E-state index contributed by atoms with van der Waals surface area (Å²) in [4.78, 5) is 15.0. The third-order valence-electron chi connectivity index (χ3n) is 5.02. The van der Waals surface area contributed by atoms with Gasteiger partial charge in [-0.25, -0.2) is 0 Å². The Hall–Kier alpha value is -0.890. The van der Waals surface area contributed by atoms with E-state index >= 15 is 0 Å². The minimum atomic E-state index is -0.280. The number of hydrogen-bond acceptors (Lipinski definition) is 5. The van der Waals surface area contributed by atoms with Crippen LogP contribution in [0.3, 0.4) is 0 Å². The summed E-state index contributed by atoms with van der Waals surface area (Å²) in [5.74, 6) is 0.0116. The summed E-state index contributed by atoms with van der Waals surface area (Å²) in [6.45, 7) is 9.24. The highest BCUT2D eigenvalue weighted by Gasteiger charge is 2.30. The molecule has 2 N–H and O–H groups in total. The number of nitrogens with zero attached hydrogens (tertiary/aromatic N) is 1. The predicted molar refractivity (Wildman–Crippen MR) is 111 cm³/mol. The summed E-state index contributed by atoms with van der Waals surface area (Å²) in [5.41, 5.74) is 2.47. The van der Waals surface area contributed by atoms with Crippen molar-refractivity contribution in [2.24, 2.45) is 0 Å². The van der Waals surface area contributed by atoms with Gasteiger partial charge in [0.25, 0.3) is 0 Å². The second-order valence-corrected chi connectivity index (χ2v) is 6.83. The van der Waals surface area contributed by atoms with Gasteiger partial charge in [0.2, 0.25) is 5.91 Å². The number of hydrogen-bond donors (Lipinski definition) is 2. The molecular formula is C19H31Cl2N3O3. The monoisotopic (exact) mass is 419 g/mol. The van der Waals surface area contributed by atoms with Crippen molar-refractivity contribution in [2.45, 2.75) is 32.0 Å². The van der Waals surface area contributed by atoms with Crippen LogP contribution in [0.1, 0.15) is 24.1 Å². The van der Waals surface area contributed by atoms with Crippen LogP contribution in [-0.4, -0.2) is 69.0 Å². The van der Waals surface area contributed by atoms with Crippen LogP contribution in [0.5, 0.6) is 0 Å². The molecule has 0 bridgehead atoms. The molecule has 2 fully saturated rings. The first kappa shape index (κ1) is 24.1. The number of halogens is 2. The van der Waals surface area contributed by atoms with E-state index in [1.807, 2.05) is 6.92 Å². The first-order valence-electron chi connectivity index (χ1n) is 9.16. The number of rotatable bonds is 5. The average Bonchev–Trinajstić information content (AvgIpc) is 2.64. The summed E-state index contributed by atoms with van der Waals surface area (Å²) in [6, 6.07) is 8.45. The fourth-order valence-corrected chi connectivity index (χ4v) is 3.47. The maximum absolute atomic E-state index is 12.6. The number of morpholine rings is 2. The van der Waals surface area contributed by atoms with Gasteiger partial charge in [0.05, 0.1) is 32.0 Å². The third kappa shape index (κ3) is 6.59. The van der Waals surface area contributed by atoms with Crippen LogP contribution in [-0.2, 0) is 14.3 Å². The Morgan fingerprint density at radius 3 is 2.52 bits per heavy atom. The number of carbonyl (C=O) groups is 1. The quantitative estimate of drug-likeness (QED) is 0.760. The minimum absolute atomic E-state index is 0. The van der Waals surface area contributed by atoms with Crippen LogP contribution in [0.15, 0.2) is 24.3 Å². The number of ether oxygens (including phenoxy) is 2. The van der Waals surface area contributed by atoms with E-state index in [4.69, 9.17) is 9.47 Å². The van der Waals surface area contributed by atoms with Crippen molar-refractivity contribution in [3.05, 3.63) is 35.4 Å². The van der Waals surface area contributed by atoms with Crippen LogP contribution in [0.2, 0.25) is 0 Å². The lowest BCUT2D eigenvalue weighted by atomic mass is 10.0. The van der Waals surface area contributed by atoms with Crippen molar-refractivity contribution in [1.82, 2.24) is 15.5 Å². The highest BCUT2D eigenvalue weighted by Crippen LogP contribution is 2.22. The molecule has 8 heteroatoms. The number of aryl methyl sites for hydroxylation is 1. The maximum Gasteiger partial charge on any atom is 0.239 e. The zero-order valence-electron chi connectivity index (χ0n) is 16.0. The summed E-state index contributed by atoms with van der Waals surface area (Å²) >= 11 is 0. The molecule has 1 aromatic carbocycles. The normalized spacial score (nSPS) is 24.2. The zero-order valence-corrected chi connectivity index (χ0v) is 17.6. The maximum atomic E-state index is 12.6. The van der Waals surface area contributed by atoms with Gasteiger partial charge in [0.1, 0.15) is 6.04 Å². The molecule has 0 radical (unpaired) electrons. The summed E-state index contributed by atoms with van der Waals surface area (Å²) < 4.78 is 11.1. The Morgan fingerprint density at radius 1 is 1.22 bits per heavy atom. The summed E-state index contributed by atoms with van der Waals surface area (Å²) in [6.07, 6.45) is -0.102. The predicted octanol–water partition coefficient (Wildman–Crippen LogP) is 1.71. The fraction of sp³-hybridized carbons (Fsp3) is 0.632. The van der Waals surface area contributed by atoms with E-state index in [0.717, 1.165) is 26.3 Å². The lowest BCUT2D eigenvalue weighted by Gasteiger charge is -2.36. The minimum Gasteiger partial charge on any atom is -0.379 e. The van der Waals surface area contributed by atoms with Crippen molar-refractivity contribution in [3.8, 4) is 0 Å². The number of amides is 1. The van der Waals surface area contributed by atoms with Crippen molar-refractivity contribution in [2.75, 3.05) is 46.0 Å². The lowest BCUT2D eigenvalue weighted by Crippen LogP contribution is -2.56. The fourth-order valence-electron chi connectivity index (χ4n) is 3.47. The van der Waals surface area contributed by atoms with Crippen LogP contribution < -0.4 is 10.6 Å². The number of carbonyl (C=O) groups excluding carboxylic acids is 1. The van der Waals surface area contributed by atoms with Gasteiger partial charge < -0.3 is 20.1 Å². The van der Waals surface area contributed by atoms with Crippen LogP contribution in [0.4, 0.5) is 0 Å². The Kier molecular flexibility index (Phi) is 10.6. The van der Waals surface area contributed by atoms with Gasteiger partial charge in [-0.2, -0.15) is 0 Å². The average molecular weight is 420 g/mol. The SMILES string of the molecule is Cc1ccc(C(CNC(=O)[C@H]2NCCO[C@@H]2C)N2CCOCC2)cc1.Cl.Cl. The van der Waals surface area contributed by atoms with Gasteiger partial charge in [-0.05, 0) is 19.4 Å². The largest absolute Gasteiger partial charge is 0.379 e. The van der Waals surface area contributed by atoms with Gasteiger partial charge in [-0.15, -0.1) is 24.8 Å². The van der Waals surface area contributed by atoms with E-state index in [1.165, 1.54) is 11.1 Å². The second kappa shape index (κ2) is 11.8. The molecule has 6 nitrogen and oxygen atoms in total. The van der Waals surface area contributed by atoms with Crippen LogP contribution in [0.25, 0.3) is 0 Å². The molecule has 0 aliphatic carbocycles. The Bertz CT molecular complexity index is 568. The van der Waals surface area contributed by atoms with Crippen molar-refractivity contribution >= 4 is 30.7 Å². The molecule has 27 heavy (non-hydrogen) atoms. The van der Waals surface area contributed by atoms with Gasteiger partial charge in [-0.3, -0.25) is 9.69 Å². The molecule has 0 saturated carbocycles. The highest BCUT2D eigenvalue weighted by molar-refractivity contribution is 5.85. The molecule has 1 aromatic rings. The molecule has 0 aromatic heterocycles. The summed E-state index contributed by atoms with van der Waals surface area (Å²) in [5, 5.41) is 6.38. The number of benzene rings is 1. The van der Waals surface area contributed by atoms with Gasteiger partial charge in [0, 0.05) is 26.2 Å². The van der Waals surface area contributed by atoms with Crippen molar-refractivity contribution in [3.63, 3.8) is 0 Å². The molecule has 1 unspecified atom stereocenters. The first-order valence-corrected chi connectivity index (χ1v) is 9.16. The van der Waals surface area contributed by atoms with Gasteiger partial charge in [-0.1, -0.05) is 29.8 Å². The number of nitrogens with one attached hydrogen (secondary N) is 2. The Balaban J connectivity index is 0.00000182. The van der Waals surface area contributed by atoms with Crippen LogP contribution in [0, 0.1) is 6.92 Å². The van der Waals surface area contributed by atoms with E-state index < -0.39 is 0 Å². The second-order valence-electron chi connectivity index (χ2n) is 6.83. The highest BCUT2D eigenvalue weighted by atomic mass is 35.5. The van der Waals surface area contributed by atoms with Gasteiger partial charge >= 0.3 is 0 Å². The molecular weight excluding hydrogens is 389 g/mol. The van der Waals surface area contributed by atoms with Gasteiger partial charge in [0.15, 0.2) is 0 Å². The Morgan fingerprint density at radius 2 is 1.89 bits per heavy atom. The molecule has 154 valence electrons. The molecule has 3 atom stereocenters. The van der Waals surface area contributed by atoms with E-state index in [9.17, 15) is 4.79 Å².